The molecule has 0 spiro atoms. The third-order valence-electron chi connectivity index (χ3n) is 5.25. The van der Waals surface area contributed by atoms with Gasteiger partial charge in [-0.15, -0.1) is 0 Å². The fourth-order valence-electron chi connectivity index (χ4n) is 3.56. The zero-order valence-corrected chi connectivity index (χ0v) is 19.3. The topological polar surface area (TPSA) is 139 Å². The number of H-pyrrole nitrogens is 1. The molecule has 0 radical (unpaired) electrons. The Labute approximate surface area is 202 Å². The molecular formula is C25H26N4O6. The smallest absolute Gasteiger partial charge is 0.251 e. The predicted octanol–water partition coefficient (Wildman–Crippen LogP) is 1.44. The van der Waals surface area contributed by atoms with Gasteiger partial charge in [-0.1, -0.05) is 60.7 Å². The number of Topliss-reactive ketones (excluding diaryl/α,β-unsaturated/α-hetero) is 4. The van der Waals surface area contributed by atoms with Gasteiger partial charge in [0.05, 0.1) is 20.5 Å². The van der Waals surface area contributed by atoms with Gasteiger partial charge in [0.2, 0.25) is 17.3 Å². The van der Waals surface area contributed by atoms with E-state index in [1.165, 1.54) is 14.2 Å². The summed E-state index contributed by atoms with van der Waals surface area (Å²) in [6.45, 7) is 0. The molecule has 2 aromatic carbocycles. The average molecular weight is 479 g/mol. The van der Waals surface area contributed by atoms with Crippen molar-refractivity contribution < 1.29 is 28.9 Å². The van der Waals surface area contributed by atoms with E-state index in [9.17, 15) is 19.2 Å². The zero-order chi connectivity index (χ0) is 25.2. The highest BCUT2D eigenvalue weighted by molar-refractivity contribution is 6.50. The third kappa shape index (κ3) is 6.61. The third-order valence-corrected chi connectivity index (χ3v) is 5.25. The first-order valence-electron chi connectivity index (χ1n) is 10.8. The van der Waals surface area contributed by atoms with E-state index in [1.54, 1.807) is 12.1 Å². The van der Waals surface area contributed by atoms with E-state index in [4.69, 9.17) is 9.68 Å². The van der Waals surface area contributed by atoms with E-state index in [0.717, 1.165) is 17.5 Å². The zero-order valence-electron chi connectivity index (χ0n) is 19.3. The minimum absolute atomic E-state index is 0.169. The quantitative estimate of drug-likeness (QED) is 0.178. The van der Waals surface area contributed by atoms with E-state index < -0.39 is 40.9 Å². The van der Waals surface area contributed by atoms with Crippen LogP contribution in [0.15, 0.2) is 67.0 Å². The van der Waals surface area contributed by atoms with Crippen molar-refractivity contribution in [2.75, 3.05) is 14.2 Å². The molecular weight excluding hydrogens is 452 g/mol. The maximum atomic E-state index is 13.0. The summed E-state index contributed by atoms with van der Waals surface area (Å²) < 4.78 is 0. The van der Waals surface area contributed by atoms with Crippen molar-refractivity contribution >= 4 is 23.1 Å². The summed E-state index contributed by atoms with van der Waals surface area (Å²) in [5.74, 6) is -3.73. The van der Waals surface area contributed by atoms with Gasteiger partial charge in [-0.3, -0.25) is 19.2 Å². The summed E-state index contributed by atoms with van der Waals surface area (Å²) in [6, 6.07) is 16.1. The Morgan fingerprint density at radius 1 is 0.771 bits per heavy atom. The molecule has 0 aliphatic rings. The first-order valence-corrected chi connectivity index (χ1v) is 10.8. The van der Waals surface area contributed by atoms with Gasteiger partial charge in [-0.05, 0) is 24.0 Å². The molecule has 10 heteroatoms. The predicted molar refractivity (Wildman–Crippen MR) is 125 cm³/mol. The minimum atomic E-state index is -1.02. The Hall–Kier alpha value is -3.83. The van der Waals surface area contributed by atoms with Crippen LogP contribution in [0, 0.1) is 0 Å². The number of rotatable bonds is 14. The SMILES string of the molecule is CONC(Cc1ccccc1)C(=O)C(=O)c1nc[nH]c1C(=O)C(=O)C(Cc1ccccc1)NOC. The number of carbonyl (C=O) groups is 4. The second-order valence-electron chi connectivity index (χ2n) is 7.64. The highest BCUT2D eigenvalue weighted by Crippen LogP contribution is 2.13. The summed E-state index contributed by atoms with van der Waals surface area (Å²) in [5, 5.41) is 0. The second kappa shape index (κ2) is 12.6. The molecule has 2 atom stereocenters. The highest BCUT2D eigenvalue weighted by atomic mass is 16.6. The maximum absolute atomic E-state index is 13.0. The normalized spacial score (nSPS) is 12.6. The highest BCUT2D eigenvalue weighted by Gasteiger charge is 2.35. The number of imidazole rings is 1. The van der Waals surface area contributed by atoms with Gasteiger partial charge in [0.15, 0.2) is 0 Å². The van der Waals surface area contributed by atoms with Crippen molar-refractivity contribution in [1.82, 2.24) is 20.9 Å². The fraction of sp³-hybridized carbons (Fsp3) is 0.240. The van der Waals surface area contributed by atoms with E-state index in [1.807, 2.05) is 48.5 Å². The molecule has 10 nitrogen and oxygen atoms in total. The van der Waals surface area contributed by atoms with Crippen LogP contribution in [0.1, 0.15) is 32.1 Å². The van der Waals surface area contributed by atoms with Crippen LogP contribution in [0.2, 0.25) is 0 Å². The Balaban J connectivity index is 1.79. The lowest BCUT2D eigenvalue weighted by molar-refractivity contribution is -0.121. The van der Waals surface area contributed by atoms with Crippen LogP contribution in [-0.4, -0.2) is 59.4 Å². The molecule has 0 aliphatic heterocycles. The van der Waals surface area contributed by atoms with E-state index >= 15 is 0 Å². The monoisotopic (exact) mass is 478 g/mol. The molecule has 0 saturated carbocycles. The molecule has 0 fully saturated rings. The Kier molecular flexibility index (Phi) is 9.27. The van der Waals surface area contributed by atoms with Crippen molar-refractivity contribution in [3.63, 3.8) is 0 Å². The molecule has 0 amide bonds. The lowest BCUT2D eigenvalue weighted by Gasteiger charge is -2.16. The number of hydrogen-bond acceptors (Lipinski definition) is 9. The van der Waals surface area contributed by atoms with Gasteiger partial charge in [-0.25, -0.2) is 4.98 Å². The van der Waals surface area contributed by atoms with E-state index in [2.05, 4.69) is 20.9 Å². The van der Waals surface area contributed by atoms with Crippen molar-refractivity contribution in [1.29, 1.82) is 0 Å². The summed E-state index contributed by atoms with van der Waals surface area (Å²) in [5.41, 5.74) is 5.85. The number of hydrogen-bond donors (Lipinski definition) is 3. The molecule has 182 valence electrons. The number of carbonyl (C=O) groups excluding carboxylic acids is 4. The lowest BCUT2D eigenvalue weighted by Crippen LogP contribution is -2.43. The first-order chi connectivity index (χ1) is 17.0. The van der Waals surface area contributed by atoms with Crippen molar-refractivity contribution in [3.8, 4) is 0 Å². The molecule has 35 heavy (non-hydrogen) atoms. The van der Waals surface area contributed by atoms with Crippen molar-refractivity contribution in [3.05, 3.63) is 89.5 Å². The van der Waals surface area contributed by atoms with Gasteiger partial charge in [0.1, 0.15) is 23.5 Å². The molecule has 1 heterocycles. The van der Waals surface area contributed by atoms with Crippen LogP contribution < -0.4 is 11.0 Å². The lowest BCUT2D eigenvalue weighted by atomic mass is 9.96. The molecule has 2 unspecified atom stereocenters. The fourth-order valence-corrected chi connectivity index (χ4v) is 3.56. The van der Waals surface area contributed by atoms with Crippen LogP contribution in [0.3, 0.4) is 0 Å². The Morgan fingerprint density at radius 2 is 1.23 bits per heavy atom. The molecule has 3 aromatic rings. The number of nitrogens with zero attached hydrogens (tertiary/aromatic N) is 1. The maximum Gasteiger partial charge on any atom is 0.251 e. The van der Waals surface area contributed by atoms with Gasteiger partial charge < -0.3 is 14.7 Å². The standard InChI is InChI=1S/C25H26N4O6/c1-34-28-18(13-16-9-5-3-6-10-16)22(30)24(32)20-21(27-15-26-20)25(33)23(31)19(29-35-2)14-17-11-7-4-8-12-17/h3-12,15,18-19,28-29H,13-14H2,1-2H3,(H,26,27). The number of nitrogens with one attached hydrogen (secondary N) is 3. The second-order valence-corrected chi connectivity index (χ2v) is 7.64. The molecule has 3 rings (SSSR count). The van der Waals surface area contributed by atoms with Crippen molar-refractivity contribution in [2.24, 2.45) is 0 Å². The van der Waals surface area contributed by atoms with Crippen LogP contribution in [0.4, 0.5) is 0 Å². The number of ketones is 4. The van der Waals surface area contributed by atoms with Crippen LogP contribution in [-0.2, 0) is 32.1 Å². The molecule has 0 aliphatic carbocycles. The Bertz CT molecular complexity index is 1070. The number of benzene rings is 2. The van der Waals surface area contributed by atoms with E-state index in [-0.39, 0.29) is 18.5 Å². The van der Waals surface area contributed by atoms with Gasteiger partial charge >= 0.3 is 0 Å². The minimum Gasteiger partial charge on any atom is -0.341 e. The number of aromatic amines is 1. The van der Waals surface area contributed by atoms with Gasteiger partial charge in [0.25, 0.3) is 5.78 Å². The van der Waals surface area contributed by atoms with Crippen LogP contribution in [0.5, 0.6) is 0 Å². The van der Waals surface area contributed by atoms with E-state index in [0.29, 0.717) is 0 Å². The summed E-state index contributed by atoms with van der Waals surface area (Å²) in [6.07, 6.45) is 1.43. The summed E-state index contributed by atoms with van der Waals surface area (Å²) in [7, 11) is 2.66. The number of aromatic nitrogens is 2. The van der Waals surface area contributed by atoms with Crippen LogP contribution >= 0.6 is 0 Å². The first kappa shape index (κ1) is 25.8. The van der Waals surface area contributed by atoms with Crippen LogP contribution in [0.25, 0.3) is 0 Å². The largest absolute Gasteiger partial charge is 0.341 e. The average Bonchev–Trinajstić information content (AvgIpc) is 3.37. The number of hydroxylamine groups is 2. The summed E-state index contributed by atoms with van der Waals surface area (Å²) in [4.78, 5) is 68.2. The molecule has 0 saturated heterocycles. The molecule has 1 aromatic heterocycles. The Morgan fingerprint density at radius 3 is 1.69 bits per heavy atom. The molecule has 0 bridgehead atoms. The van der Waals surface area contributed by atoms with Gasteiger partial charge in [0, 0.05) is 0 Å². The summed E-state index contributed by atoms with van der Waals surface area (Å²) >= 11 is 0. The molecule has 3 N–H and O–H groups in total. The van der Waals surface area contributed by atoms with Gasteiger partial charge in [-0.2, -0.15) is 11.0 Å². The van der Waals surface area contributed by atoms with Crippen molar-refractivity contribution in [2.45, 2.75) is 24.9 Å².